The zero-order chi connectivity index (χ0) is 20.4. The van der Waals surface area contributed by atoms with E-state index in [2.05, 4.69) is 20.2 Å². The minimum Gasteiger partial charge on any atom is -0.489 e. The molecule has 0 aliphatic carbocycles. The quantitative estimate of drug-likeness (QED) is 0.457. The van der Waals surface area contributed by atoms with Gasteiger partial charge < -0.3 is 14.5 Å². The molecule has 0 radical (unpaired) electrons. The molecule has 7 nitrogen and oxygen atoms in total. The van der Waals surface area contributed by atoms with Gasteiger partial charge in [-0.05, 0) is 51.1 Å². The maximum absolute atomic E-state index is 13.3. The molecule has 0 spiro atoms. The van der Waals surface area contributed by atoms with Crippen LogP contribution >= 0.6 is 0 Å². The molecule has 2 N–H and O–H groups in total. The van der Waals surface area contributed by atoms with Crippen LogP contribution < -0.4 is 9.47 Å². The van der Waals surface area contributed by atoms with Crippen molar-refractivity contribution >= 4 is 16.8 Å². The van der Waals surface area contributed by atoms with Gasteiger partial charge in [-0.15, -0.1) is 0 Å². The second-order valence-corrected chi connectivity index (χ2v) is 6.73. The molecule has 0 aliphatic rings. The van der Waals surface area contributed by atoms with Gasteiger partial charge in [0.1, 0.15) is 17.4 Å². The Hall–Kier alpha value is -3.61. The number of aromatic nitrogens is 4. The fourth-order valence-electron chi connectivity index (χ4n) is 3.27. The van der Waals surface area contributed by atoms with Crippen LogP contribution in [-0.4, -0.2) is 32.6 Å². The van der Waals surface area contributed by atoms with Gasteiger partial charge in [0.25, 0.3) is 0 Å². The van der Waals surface area contributed by atoms with Crippen LogP contribution in [0.15, 0.2) is 48.8 Å². The lowest BCUT2D eigenvalue weighted by atomic mass is 10.0. The highest BCUT2D eigenvalue weighted by Gasteiger charge is 2.23. The third-order valence-electron chi connectivity index (χ3n) is 4.65. The standard InChI is InChI=1S/C22H22N4O3/c1-4-28-21-16(20(27)17-12-24-22-15(17)8-6-10-23-22)7-5-9-19(21)29-14(3)18-11-13(2)25-26-18/h5-12,14H,4H2,1-3H3,(H,23,24)(H,25,26). The topological polar surface area (TPSA) is 92.9 Å². The van der Waals surface area contributed by atoms with E-state index >= 15 is 0 Å². The second kappa shape index (κ2) is 7.79. The number of carbonyl (C=O) groups is 1. The van der Waals surface area contributed by atoms with Crippen LogP contribution in [0.2, 0.25) is 0 Å². The van der Waals surface area contributed by atoms with E-state index in [1.54, 1.807) is 30.6 Å². The summed E-state index contributed by atoms with van der Waals surface area (Å²) >= 11 is 0. The molecule has 4 rings (SSSR count). The van der Waals surface area contributed by atoms with E-state index in [9.17, 15) is 4.79 Å². The highest BCUT2D eigenvalue weighted by atomic mass is 16.5. The predicted octanol–water partition coefficient (Wildman–Crippen LogP) is 4.36. The molecule has 1 atom stereocenters. The average molecular weight is 390 g/mol. The molecular weight excluding hydrogens is 368 g/mol. The number of aryl methyl sites for hydroxylation is 1. The zero-order valence-corrected chi connectivity index (χ0v) is 16.5. The van der Waals surface area contributed by atoms with E-state index in [1.807, 2.05) is 39.0 Å². The number of fused-ring (bicyclic) bond motifs is 1. The van der Waals surface area contributed by atoms with Gasteiger partial charge in [-0.1, -0.05) is 6.07 Å². The zero-order valence-electron chi connectivity index (χ0n) is 16.5. The highest BCUT2D eigenvalue weighted by molar-refractivity contribution is 6.17. The van der Waals surface area contributed by atoms with Crippen molar-refractivity contribution < 1.29 is 14.3 Å². The molecule has 7 heteroatoms. The third kappa shape index (κ3) is 3.59. The lowest BCUT2D eigenvalue weighted by molar-refractivity contribution is 0.103. The summed E-state index contributed by atoms with van der Waals surface area (Å²) in [6, 6.07) is 10.9. The fourth-order valence-corrected chi connectivity index (χ4v) is 3.27. The van der Waals surface area contributed by atoms with Gasteiger partial charge in [-0.25, -0.2) is 4.98 Å². The predicted molar refractivity (Wildman–Crippen MR) is 110 cm³/mol. The smallest absolute Gasteiger partial charge is 0.199 e. The number of nitrogens with one attached hydrogen (secondary N) is 2. The first kappa shape index (κ1) is 18.7. The number of hydrogen-bond acceptors (Lipinski definition) is 5. The number of para-hydroxylation sites is 1. The number of hydrogen-bond donors (Lipinski definition) is 2. The Morgan fingerprint density at radius 1 is 1.21 bits per heavy atom. The molecule has 1 unspecified atom stereocenters. The number of ether oxygens (including phenoxy) is 2. The van der Waals surface area contributed by atoms with Crippen LogP contribution in [0.5, 0.6) is 11.5 Å². The van der Waals surface area contributed by atoms with Crippen molar-refractivity contribution in [3.63, 3.8) is 0 Å². The number of aromatic amines is 2. The van der Waals surface area contributed by atoms with Crippen LogP contribution in [0.25, 0.3) is 11.0 Å². The van der Waals surface area contributed by atoms with Gasteiger partial charge >= 0.3 is 0 Å². The molecule has 0 amide bonds. The monoisotopic (exact) mass is 390 g/mol. The largest absolute Gasteiger partial charge is 0.489 e. The number of carbonyl (C=O) groups excluding carboxylic acids is 1. The number of benzene rings is 1. The Morgan fingerprint density at radius 2 is 2.07 bits per heavy atom. The summed E-state index contributed by atoms with van der Waals surface area (Å²) in [5, 5.41) is 7.94. The normalized spacial score (nSPS) is 12.1. The van der Waals surface area contributed by atoms with Crippen LogP contribution in [0.3, 0.4) is 0 Å². The molecule has 0 saturated heterocycles. The summed E-state index contributed by atoms with van der Waals surface area (Å²) in [4.78, 5) is 20.6. The summed E-state index contributed by atoms with van der Waals surface area (Å²) in [6.07, 6.45) is 3.06. The highest BCUT2D eigenvalue weighted by Crippen LogP contribution is 2.36. The van der Waals surface area contributed by atoms with Gasteiger partial charge in [0, 0.05) is 29.0 Å². The summed E-state index contributed by atoms with van der Waals surface area (Å²) in [5.41, 5.74) is 3.40. The number of H-pyrrole nitrogens is 2. The van der Waals surface area contributed by atoms with Crippen molar-refractivity contribution in [1.82, 2.24) is 20.2 Å². The van der Waals surface area contributed by atoms with Crippen molar-refractivity contribution in [2.24, 2.45) is 0 Å². The lowest BCUT2D eigenvalue weighted by Crippen LogP contribution is -2.09. The molecule has 29 heavy (non-hydrogen) atoms. The first-order valence-electron chi connectivity index (χ1n) is 9.49. The lowest BCUT2D eigenvalue weighted by Gasteiger charge is -2.18. The average Bonchev–Trinajstić information content (AvgIpc) is 3.35. The van der Waals surface area contributed by atoms with Crippen LogP contribution in [0.4, 0.5) is 0 Å². The molecule has 1 aromatic carbocycles. The maximum atomic E-state index is 13.3. The Balaban J connectivity index is 1.72. The fraction of sp³-hybridized carbons (Fsp3) is 0.227. The van der Waals surface area contributed by atoms with Crippen LogP contribution in [0.1, 0.15) is 47.3 Å². The molecule has 4 aromatic rings. The maximum Gasteiger partial charge on any atom is 0.199 e. The van der Waals surface area contributed by atoms with E-state index in [-0.39, 0.29) is 11.9 Å². The number of rotatable bonds is 7. The molecular formula is C22H22N4O3. The minimum atomic E-state index is -0.304. The second-order valence-electron chi connectivity index (χ2n) is 6.73. The van der Waals surface area contributed by atoms with E-state index in [0.29, 0.717) is 34.9 Å². The SMILES string of the molecule is CCOc1c(OC(C)c2cc(C)[nH]n2)cccc1C(=O)c1c[nH]c2ncccc12. The molecule has 0 aliphatic heterocycles. The molecule has 3 aromatic heterocycles. The number of nitrogens with zero attached hydrogens (tertiary/aromatic N) is 2. The molecule has 0 fully saturated rings. The van der Waals surface area contributed by atoms with Crippen molar-refractivity contribution in [1.29, 1.82) is 0 Å². The number of ketones is 1. The Labute approximate surface area is 168 Å². The molecule has 0 saturated carbocycles. The first-order chi connectivity index (χ1) is 14.1. The Kier molecular flexibility index (Phi) is 5.03. The van der Waals surface area contributed by atoms with Crippen molar-refractivity contribution in [3.8, 4) is 11.5 Å². The van der Waals surface area contributed by atoms with Crippen molar-refractivity contribution in [2.75, 3.05) is 6.61 Å². The van der Waals surface area contributed by atoms with Gasteiger partial charge in [-0.3, -0.25) is 9.89 Å². The Morgan fingerprint density at radius 3 is 2.83 bits per heavy atom. The first-order valence-corrected chi connectivity index (χ1v) is 9.49. The van der Waals surface area contributed by atoms with Crippen LogP contribution in [0, 0.1) is 6.92 Å². The van der Waals surface area contributed by atoms with E-state index in [4.69, 9.17) is 9.47 Å². The van der Waals surface area contributed by atoms with Crippen molar-refractivity contribution in [2.45, 2.75) is 26.9 Å². The van der Waals surface area contributed by atoms with E-state index < -0.39 is 0 Å². The van der Waals surface area contributed by atoms with Gasteiger partial charge in [0.2, 0.25) is 0 Å². The summed E-state index contributed by atoms with van der Waals surface area (Å²) < 4.78 is 12.0. The van der Waals surface area contributed by atoms with Gasteiger partial charge in [0.05, 0.1) is 12.2 Å². The molecule has 148 valence electrons. The van der Waals surface area contributed by atoms with Crippen LogP contribution in [-0.2, 0) is 0 Å². The summed E-state index contributed by atoms with van der Waals surface area (Å²) in [6.45, 7) is 6.13. The van der Waals surface area contributed by atoms with Crippen molar-refractivity contribution in [3.05, 3.63) is 71.3 Å². The molecule has 0 bridgehead atoms. The van der Waals surface area contributed by atoms with E-state index in [1.165, 1.54) is 0 Å². The van der Waals surface area contributed by atoms with Gasteiger partial charge in [0.15, 0.2) is 17.3 Å². The minimum absolute atomic E-state index is 0.151. The summed E-state index contributed by atoms with van der Waals surface area (Å²) in [7, 11) is 0. The van der Waals surface area contributed by atoms with E-state index in [0.717, 1.165) is 16.8 Å². The Bertz CT molecular complexity index is 1160. The molecule has 3 heterocycles. The van der Waals surface area contributed by atoms with Gasteiger partial charge in [-0.2, -0.15) is 5.10 Å². The third-order valence-corrected chi connectivity index (χ3v) is 4.65. The summed E-state index contributed by atoms with van der Waals surface area (Å²) in [5.74, 6) is 0.780. The number of pyridine rings is 1.